The molecule has 2 saturated heterocycles. The molecule has 0 saturated carbocycles. The Labute approximate surface area is 222 Å². The van der Waals surface area contributed by atoms with Gasteiger partial charge in [0.25, 0.3) is 11.1 Å². The first kappa shape index (κ1) is 26.6. The number of rotatable bonds is 10. The third kappa shape index (κ3) is 6.65. The molecule has 2 fully saturated rings. The summed E-state index contributed by atoms with van der Waals surface area (Å²) in [5.74, 6) is 0.575. The topological polar surface area (TPSA) is 79.4 Å². The first-order chi connectivity index (χ1) is 18.0. The third-order valence-corrected chi connectivity index (χ3v) is 7.15. The molecule has 2 heterocycles. The number of amides is 3. The van der Waals surface area contributed by atoms with Gasteiger partial charge in [-0.3, -0.25) is 19.3 Å². The molecule has 2 aromatic rings. The summed E-state index contributed by atoms with van der Waals surface area (Å²) in [5, 5.41) is -0.433. The van der Waals surface area contributed by atoms with Crippen molar-refractivity contribution >= 4 is 40.6 Å². The molecule has 196 valence electrons. The molecular formula is C28H33N3O5S. The molecular weight excluding hydrogens is 490 g/mol. The molecule has 0 unspecified atom stereocenters. The maximum Gasteiger partial charge on any atom is 0.294 e. The first-order valence-electron chi connectivity index (χ1n) is 12.7. The van der Waals surface area contributed by atoms with Gasteiger partial charge >= 0.3 is 0 Å². The van der Waals surface area contributed by atoms with Gasteiger partial charge in [-0.15, -0.1) is 0 Å². The van der Waals surface area contributed by atoms with Crippen molar-refractivity contribution in [2.45, 2.75) is 26.7 Å². The Hall–Kier alpha value is -3.46. The molecule has 9 heteroatoms. The lowest BCUT2D eigenvalue weighted by Gasteiger charge is -2.36. The van der Waals surface area contributed by atoms with E-state index in [9.17, 15) is 14.4 Å². The molecule has 0 N–H and O–H groups in total. The molecule has 2 aliphatic rings. The third-order valence-electron chi connectivity index (χ3n) is 6.24. The van der Waals surface area contributed by atoms with Crippen LogP contribution in [0.1, 0.15) is 32.3 Å². The lowest BCUT2D eigenvalue weighted by molar-refractivity contribution is -0.136. The average molecular weight is 524 g/mol. The number of benzene rings is 2. The Balaban J connectivity index is 1.37. The SMILES string of the molecule is CCCCOc1ccc(/C=C2\SC(=O)N(CC(=O)N3CCN(c4ccccc4)CC3)C2=O)cc1OCC. The molecule has 2 aromatic carbocycles. The summed E-state index contributed by atoms with van der Waals surface area (Å²) >= 11 is 0.851. The Morgan fingerprint density at radius 1 is 0.973 bits per heavy atom. The summed E-state index contributed by atoms with van der Waals surface area (Å²) in [5.41, 5.74) is 1.85. The van der Waals surface area contributed by atoms with Gasteiger partial charge in [0.05, 0.1) is 18.1 Å². The van der Waals surface area contributed by atoms with Crippen molar-refractivity contribution in [3.63, 3.8) is 0 Å². The van der Waals surface area contributed by atoms with E-state index in [0.717, 1.165) is 40.8 Å². The van der Waals surface area contributed by atoms with E-state index < -0.39 is 11.1 Å². The summed E-state index contributed by atoms with van der Waals surface area (Å²) in [7, 11) is 0. The highest BCUT2D eigenvalue weighted by Gasteiger charge is 2.37. The van der Waals surface area contributed by atoms with Crippen LogP contribution in [0.15, 0.2) is 53.4 Å². The minimum Gasteiger partial charge on any atom is -0.490 e. The van der Waals surface area contributed by atoms with Gasteiger partial charge in [0, 0.05) is 31.9 Å². The zero-order valence-corrected chi connectivity index (χ0v) is 22.2. The fraction of sp³-hybridized carbons (Fsp3) is 0.393. The normalized spacial score (nSPS) is 17.0. The zero-order chi connectivity index (χ0) is 26.2. The van der Waals surface area contributed by atoms with E-state index in [1.807, 2.05) is 37.3 Å². The van der Waals surface area contributed by atoms with Crippen LogP contribution >= 0.6 is 11.8 Å². The molecule has 2 aliphatic heterocycles. The maximum atomic E-state index is 13.0. The van der Waals surface area contributed by atoms with Gasteiger partial charge in [-0.25, -0.2) is 0 Å². The summed E-state index contributed by atoms with van der Waals surface area (Å²) < 4.78 is 11.5. The van der Waals surface area contributed by atoms with Gasteiger partial charge in [0.15, 0.2) is 11.5 Å². The predicted molar refractivity (Wildman–Crippen MR) is 146 cm³/mol. The summed E-state index contributed by atoms with van der Waals surface area (Å²) in [6, 6.07) is 15.5. The van der Waals surface area contributed by atoms with Crippen LogP contribution in [0, 0.1) is 0 Å². The van der Waals surface area contributed by atoms with Crippen LogP contribution in [0.5, 0.6) is 11.5 Å². The quantitative estimate of drug-likeness (QED) is 0.331. The minimum absolute atomic E-state index is 0.219. The fourth-order valence-corrected chi connectivity index (χ4v) is 5.04. The van der Waals surface area contributed by atoms with Crippen LogP contribution in [0.2, 0.25) is 0 Å². The second kappa shape index (κ2) is 12.7. The van der Waals surface area contributed by atoms with Gasteiger partial charge < -0.3 is 19.3 Å². The van der Waals surface area contributed by atoms with Crippen molar-refractivity contribution in [3.8, 4) is 11.5 Å². The largest absolute Gasteiger partial charge is 0.490 e. The fourth-order valence-electron chi connectivity index (χ4n) is 4.20. The number of thioether (sulfide) groups is 1. The van der Waals surface area contributed by atoms with Gasteiger partial charge in [-0.1, -0.05) is 37.6 Å². The molecule has 3 amide bonds. The van der Waals surface area contributed by atoms with Crippen LogP contribution in [-0.4, -0.2) is 72.8 Å². The Kier molecular flexibility index (Phi) is 9.11. The number of imide groups is 1. The Morgan fingerprint density at radius 2 is 1.73 bits per heavy atom. The van der Waals surface area contributed by atoms with Crippen LogP contribution in [0.3, 0.4) is 0 Å². The Morgan fingerprint density at radius 3 is 2.43 bits per heavy atom. The lowest BCUT2D eigenvalue weighted by Crippen LogP contribution is -2.51. The van der Waals surface area contributed by atoms with Gasteiger partial charge in [0.1, 0.15) is 6.54 Å². The van der Waals surface area contributed by atoms with E-state index >= 15 is 0 Å². The monoisotopic (exact) mass is 523 g/mol. The number of ether oxygens (including phenoxy) is 2. The number of unbranched alkanes of at least 4 members (excludes halogenated alkanes) is 1. The molecule has 0 bridgehead atoms. The highest BCUT2D eigenvalue weighted by atomic mass is 32.2. The van der Waals surface area contributed by atoms with Crippen molar-refractivity contribution in [1.29, 1.82) is 0 Å². The number of anilines is 1. The minimum atomic E-state index is -0.451. The van der Waals surface area contributed by atoms with Crippen LogP contribution in [0.4, 0.5) is 10.5 Å². The number of carbonyl (C=O) groups excluding carboxylic acids is 3. The van der Waals surface area contributed by atoms with Crippen LogP contribution in [0.25, 0.3) is 6.08 Å². The van der Waals surface area contributed by atoms with Gasteiger partial charge in [0.2, 0.25) is 5.91 Å². The van der Waals surface area contributed by atoms with Crippen molar-refractivity contribution in [3.05, 3.63) is 59.0 Å². The standard InChI is InChI=1S/C28H33N3O5S/c1-3-5-17-36-23-12-11-21(18-24(23)35-4-2)19-25-27(33)31(28(34)37-25)20-26(32)30-15-13-29(14-16-30)22-9-7-6-8-10-22/h6-12,18-19H,3-5,13-17,20H2,1-2H3/b25-19-. The number of piperazine rings is 1. The van der Waals surface area contributed by atoms with E-state index in [-0.39, 0.29) is 17.4 Å². The van der Waals surface area contributed by atoms with E-state index in [1.54, 1.807) is 17.0 Å². The molecule has 0 radical (unpaired) electrons. The highest BCUT2D eigenvalue weighted by molar-refractivity contribution is 8.18. The molecule has 37 heavy (non-hydrogen) atoms. The summed E-state index contributed by atoms with van der Waals surface area (Å²) in [4.78, 5) is 43.8. The molecule has 8 nitrogen and oxygen atoms in total. The second-order valence-corrected chi connectivity index (χ2v) is 9.81. The molecule has 0 atom stereocenters. The predicted octanol–water partition coefficient (Wildman–Crippen LogP) is 4.65. The van der Waals surface area contributed by atoms with E-state index in [1.165, 1.54) is 0 Å². The van der Waals surface area contributed by atoms with Crippen LogP contribution in [-0.2, 0) is 9.59 Å². The number of hydrogen-bond acceptors (Lipinski definition) is 7. The molecule has 0 aromatic heterocycles. The molecule has 4 rings (SSSR count). The zero-order valence-electron chi connectivity index (χ0n) is 21.4. The van der Waals surface area contributed by atoms with E-state index in [0.29, 0.717) is 50.9 Å². The maximum absolute atomic E-state index is 13.0. The van der Waals surface area contributed by atoms with Gasteiger partial charge in [-0.2, -0.15) is 0 Å². The summed E-state index contributed by atoms with van der Waals surface area (Å²) in [6.45, 7) is 7.34. The van der Waals surface area contributed by atoms with Crippen molar-refractivity contribution in [2.75, 3.05) is 50.8 Å². The van der Waals surface area contributed by atoms with Crippen LogP contribution < -0.4 is 14.4 Å². The lowest BCUT2D eigenvalue weighted by atomic mass is 10.2. The van der Waals surface area contributed by atoms with E-state index in [2.05, 4.69) is 24.0 Å². The van der Waals surface area contributed by atoms with Crippen molar-refractivity contribution < 1.29 is 23.9 Å². The smallest absolute Gasteiger partial charge is 0.294 e. The number of nitrogens with zero attached hydrogens (tertiary/aromatic N) is 3. The van der Waals surface area contributed by atoms with Gasteiger partial charge in [-0.05, 0) is 61.0 Å². The number of hydrogen-bond donors (Lipinski definition) is 0. The summed E-state index contributed by atoms with van der Waals surface area (Å²) in [6.07, 6.45) is 3.64. The van der Waals surface area contributed by atoms with Crippen molar-refractivity contribution in [2.24, 2.45) is 0 Å². The number of para-hydroxylation sites is 1. The van der Waals surface area contributed by atoms with E-state index in [4.69, 9.17) is 9.47 Å². The van der Waals surface area contributed by atoms with Crippen molar-refractivity contribution in [1.82, 2.24) is 9.80 Å². The molecule has 0 aliphatic carbocycles. The molecule has 0 spiro atoms. The average Bonchev–Trinajstić information content (AvgIpc) is 3.18. The number of carbonyl (C=O) groups is 3. The highest BCUT2D eigenvalue weighted by Crippen LogP contribution is 2.35. The first-order valence-corrected chi connectivity index (χ1v) is 13.5. The Bertz CT molecular complexity index is 1150. The second-order valence-electron chi connectivity index (χ2n) is 8.81.